The van der Waals surface area contributed by atoms with Crippen molar-refractivity contribution in [3.63, 3.8) is 0 Å². The number of nitrogens with one attached hydrogen (secondary N) is 1. The van der Waals surface area contributed by atoms with Crippen LogP contribution < -0.4 is 15.4 Å². The molecule has 0 saturated heterocycles. The van der Waals surface area contributed by atoms with Gasteiger partial charge in [-0.05, 0) is 49.2 Å². The monoisotopic (exact) mass is 425 g/mol. The SMILES string of the molecule is CCC(CC)(CN)NC(=O)c1ccc(S(=O)(=O)N(C)c2ccccc2)cc1.Cl. The van der Waals surface area contributed by atoms with E-state index in [9.17, 15) is 13.2 Å². The van der Waals surface area contributed by atoms with Crippen molar-refractivity contribution in [3.8, 4) is 0 Å². The van der Waals surface area contributed by atoms with Gasteiger partial charge >= 0.3 is 0 Å². The van der Waals surface area contributed by atoms with E-state index in [-0.39, 0.29) is 23.2 Å². The largest absolute Gasteiger partial charge is 0.345 e. The number of benzene rings is 2. The highest BCUT2D eigenvalue weighted by atomic mass is 35.5. The van der Waals surface area contributed by atoms with Crippen molar-refractivity contribution in [2.75, 3.05) is 17.9 Å². The van der Waals surface area contributed by atoms with Crippen molar-refractivity contribution in [2.45, 2.75) is 37.1 Å². The molecule has 0 heterocycles. The lowest BCUT2D eigenvalue weighted by Gasteiger charge is -2.31. The summed E-state index contributed by atoms with van der Waals surface area (Å²) in [5.74, 6) is -0.260. The lowest BCUT2D eigenvalue weighted by atomic mass is 9.92. The number of carbonyl (C=O) groups is 1. The van der Waals surface area contributed by atoms with Gasteiger partial charge in [-0.25, -0.2) is 8.42 Å². The molecular formula is C20H28ClN3O3S. The van der Waals surface area contributed by atoms with Crippen LogP contribution in [0.15, 0.2) is 59.5 Å². The van der Waals surface area contributed by atoms with Crippen LogP contribution in [0.4, 0.5) is 5.69 Å². The Labute approximate surface area is 173 Å². The van der Waals surface area contributed by atoms with E-state index in [1.807, 2.05) is 19.9 Å². The number of carbonyl (C=O) groups excluding carboxylic acids is 1. The van der Waals surface area contributed by atoms with Gasteiger partial charge in [0.05, 0.1) is 16.1 Å². The fourth-order valence-electron chi connectivity index (χ4n) is 2.79. The van der Waals surface area contributed by atoms with Crippen LogP contribution in [0.2, 0.25) is 0 Å². The van der Waals surface area contributed by atoms with E-state index in [0.29, 0.717) is 17.8 Å². The second kappa shape index (κ2) is 9.91. The molecule has 0 aliphatic carbocycles. The zero-order valence-electron chi connectivity index (χ0n) is 16.4. The maximum atomic E-state index is 12.8. The van der Waals surface area contributed by atoms with Gasteiger partial charge in [0.2, 0.25) is 0 Å². The molecule has 1 amide bonds. The van der Waals surface area contributed by atoms with Crippen LogP contribution in [0.1, 0.15) is 37.0 Å². The van der Waals surface area contributed by atoms with Crippen molar-refractivity contribution in [3.05, 3.63) is 60.2 Å². The van der Waals surface area contributed by atoms with Crippen LogP contribution in [0, 0.1) is 0 Å². The quantitative estimate of drug-likeness (QED) is 0.679. The lowest BCUT2D eigenvalue weighted by Crippen LogP contribution is -2.52. The first-order chi connectivity index (χ1) is 12.8. The van der Waals surface area contributed by atoms with E-state index >= 15 is 0 Å². The normalized spacial score (nSPS) is 11.4. The number of nitrogens with two attached hydrogens (primary N) is 1. The summed E-state index contributed by atoms with van der Waals surface area (Å²) in [6, 6.07) is 14.8. The second-order valence-corrected chi connectivity index (χ2v) is 8.45. The molecule has 8 heteroatoms. The molecule has 2 rings (SSSR count). The van der Waals surface area contributed by atoms with Gasteiger partial charge < -0.3 is 11.1 Å². The van der Waals surface area contributed by atoms with E-state index < -0.39 is 15.6 Å². The zero-order valence-corrected chi connectivity index (χ0v) is 18.0. The highest BCUT2D eigenvalue weighted by Crippen LogP contribution is 2.22. The molecule has 28 heavy (non-hydrogen) atoms. The molecule has 3 N–H and O–H groups in total. The van der Waals surface area contributed by atoms with Crippen molar-refractivity contribution in [1.29, 1.82) is 0 Å². The summed E-state index contributed by atoms with van der Waals surface area (Å²) < 4.78 is 26.8. The van der Waals surface area contributed by atoms with Crippen LogP contribution in [0.3, 0.4) is 0 Å². The number of hydrogen-bond acceptors (Lipinski definition) is 4. The number of amides is 1. The Balaban J connectivity index is 0.00000392. The topological polar surface area (TPSA) is 92.5 Å². The smallest absolute Gasteiger partial charge is 0.264 e. The molecule has 0 atom stereocenters. The van der Waals surface area contributed by atoms with Gasteiger partial charge in [0.25, 0.3) is 15.9 Å². The Morgan fingerprint density at radius 1 is 1.04 bits per heavy atom. The van der Waals surface area contributed by atoms with Crippen molar-refractivity contribution < 1.29 is 13.2 Å². The van der Waals surface area contributed by atoms with Gasteiger partial charge in [-0.2, -0.15) is 0 Å². The van der Waals surface area contributed by atoms with E-state index in [1.165, 1.54) is 35.6 Å². The molecule has 0 aromatic heterocycles. The summed E-state index contributed by atoms with van der Waals surface area (Å²) in [6.07, 6.45) is 1.44. The summed E-state index contributed by atoms with van der Waals surface area (Å²) in [4.78, 5) is 12.7. The van der Waals surface area contributed by atoms with Gasteiger partial charge in [0.1, 0.15) is 0 Å². The summed E-state index contributed by atoms with van der Waals surface area (Å²) >= 11 is 0. The first kappa shape index (κ1) is 23.9. The molecule has 0 fully saturated rings. The van der Waals surface area contributed by atoms with Gasteiger partial charge in [0.15, 0.2) is 0 Å². The summed E-state index contributed by atoms with van der Waals surface area (Å²) in [5.41, 5.74) is 6.34. The molecule has 6 nitrogen and oxygen atoms in total. The highest BCUT2D eigenvalue weighted by molar-refractivity contribution is 7.92. The minimum atomic E-state index is -3.70. The van der Waals surface area contributed by atoms with Crippen molar-refractivity contribution in [1.82, 2.24) is 5.32 Å². The second-order valence-electron chi connectivity index (χ2n) is 6.48. The fourth-order valence-corrected chi connectivity index (χ4v) is 3.99. The van der Waals surface area contributed by atoms with Crippen LogP contribution >= 0.6 is 12.4 Å². The van der Waals surface area contributed by atoms with Crippen LogP contribution in [0.25, 0.3) is 0 Å². The third kappa shape index (κ3) is 5.04. The molecule has 0 spiro atoms. The number of nitrogens with zero attached hydrogens (tertiary/aromatic N) is 1. The van der Waals surface area contributed by atoms with Gasteiger partial charge in [0, 0.05) is 19.2 Å². The van der Waals surface area contributed by atoms with Gasteiger partial charge in [-0.3, -0.25) is 9.10 Å². The van der Waals surface area contributed by atoms with Gasteiger partial charge in [-0.1, -0.05) is 32.0 Å². The number of rotatable bonds is 8. The fraction of sp³-hybridized carbons (Fsp3) is 0.350. The Bertz CT molecular complexity index is 859. The standard InChI is InChI=1S/C20H27N3O3S.ClH/c1-4-20(5-2,15-21)22-19(24)16-11-13-18(14-12-16)27(25,26)23(3)17-9-7-6-8-10-17;/h6-14H,4-5,15,21H2,1-3H3,(H,22,24);1H. The predicted molar refractivity (Wildman–Crippen MR) is 116 cm³/mol. The molecule has 0 aliphatic rings. The number of anilines is 1. The Kier molecular flexibility index (Phi) is 8.48. The zero-order chi connectivity index (χ0) is 20.1. The minimum Gasteiger partial charge on any atom is -0.345 e. The summed E-state index contributed by atoms with van der Waals surface area (Å²) in [5, 5.41) is 2.98. The molecule has 154 valence electrons. The Hall–Kier alpha value is -2.09. The van der Waals surface area contributed by atoms with E-state index in [4.69, 9.17) is 5.73 Å². The van der Waals surface area contributed by atoms with Crippen LogP contribution in [-0.2, 0) is 10.0 Å². The van der Waals surface area contributed by atoms with Crippen LogP contribution in [-0.4, -0.2) is 33.5 Å². The lowest BCUT2D eigenvalue weighted by molar-refractivity contribution is 0.0895. The minimum absolute atomic E-state index is 0. The Morgan fingerprint density at radius 2 is 1.57 bits per heavy atom. The molecule has 0 saturated carbocycles. The highest BCUT2D eigenvalue weighted by Gasteiger charge is 2.27. The molecule has 0 radical (unpaired) electrons. The van der Waals surface area contributed by atoms with E-state index in [2.05, 4.69) is 5.32 Å². The third-order valence-corrected chi connectivity index (χ3v) is 6.82. The Morgan fingerprint density at radius 3 is 2.04 bits per heavy atom. The number of hydrogen-bond donors (Lipinski definition) is 2. The van der Waals surface area contributed by atoms with Crippen LogP contribution in [0.5, 0.6) is 0 Å². The maximum Gasteiger partial charge on any atom is 0.264 e. The van der Waals surface area contributed by atoms with Crippen molar-refractivity contribution in [2.24, 2.45) is 5.73 Å². The average molecular weight is 426 g/mol. The van der Waals surface area contributed by atoms with E-state index in [0.717, 1.165) is 12.8 Å². The average Bonchev–Trinajstić information content (AvgIpc) is 2.72. The first-order valence-electron chi connectivity index (χ1n) is 8.96. The van der Waals surface area contributed by atoms with E-state index in [1.54, 1.807) is 24.3 Å². The molecule has 0 aliphatic heterocycles. The molecule has 0 unspecified atom stereocenters. The van der Waals surface area contributed by atoms with Crippen molar-refractivity contribution >= 4 is 34.0 Å². The summed E-state index contributed by atoms with van der Waals surface area (Å²) in [7, 11) is -2.20. The number of para-hydroxylation sites is 1. The summed E-state index contributed by atoms with van der Waals surface area (Å²) in [6.45, 7) is 4.30. The predicted octanol–water partition coefficient (Wildman–Crippen LogP) is 3.18. The molecule has 2 aromatic rings. The third-order valence-electron chi connectivity index (χ3n) is 5.02. The van der Waals surface area contributed by atoms with Gasteiger partial charge in [-0.15, -0.1) is 12.4 Å². The first-order valence-corrected chi connectivity index (χ1v) is 10.4. The number of sulfonamides is 1. The number of halogens is 1. The molecular weight excluding hydrogens is 398 g/mol. The molecule has 2 aromatic carbocycles. The maximum absolute atomic E-state index is 12.8. The molecule has 0 bridgehead atoms.